The minimum absolute atomic E-state index is 0.114. The van der Waals surface area contributed by atoms with Gasteiger partial charge in [-0.05, 0) is 42.3 Å². The van der Waals surface area contributed by atoms with Crippen molar-refractivity contribution in [3.05, 3.63) is 35.4 Å². The van der Waals surface area contributed by atoms with E-state index < -0.39 is 6.10 Å². The number of nitrogens with zero attached hydrogens (tertiary/aromatic N) is 2. The maximum Gasteiger partial charge on any atom is 0.223 e. The van der Waals surface area contributed by atoms with E-state index in [4.69, 9.17) is 0 Å². The first-order valence-corrected chi connectivity index (χ1v) is 7.57. The summed E-state index contributed by atoms with van der Waals surface area (Å²) in [7, 11) is 2.08. The predicted molar refractivity (Wildman–Crippen MR) is 82.2 cm³/mol. The highest BCUT2D eigenvalue weighted by Crippen LogP contribution is 2.49. The molecule has 2 aliphatic heterocycles. The molecule has 0 bridgehead atoms. The van der Waals surface area contributed by atoms with Gasteiger partial charge in [-0.2, -0.15) is 0 Å². The van der Waals surface area contributed by atoms with Gasteiger partial charge in [-0.25, -0.2) is 0 Å². The van der Waals surface area contributed by atoms with Gasteiger partial charge in [0.1, 0.15) is 0 Å². The maximum atomic E-state index is 11.9. The molecular weight excluding hydrogens is 264 g/mol. The van der Waals surface area contributed by atoms with Crippen LogP contribution in [0.15, 0.2) is 24.3 Å². The minimum Gasteiger partial charge on any atom is -0.388 e. The Balaban J connectivity index is 1.89. The number of carbonyl (C=O) groups is 1. The molecule has 0 saturated heterocycles. The minimum atomic E-state index is -0.404. The summed E-state index contributed by atoms with van der Waals surface area (Å²) in [6.07, 6.45) is 2.63. The van der Waals surface area contributed by atoms with Crippen LogP contribution in [0.2, 0.25) is 0 Å². The van der Waals surface area contributed by atoms with Gasteiger partial charge in [-0.3, -0.25) is 9.69 Å². The summed E-state index contributed by atoms with van der Waals surface area (Å²) in [5, 5.41) is 10.1. The molecule has 3 aliphatic rings. The highest BCUT2D eigenvalue weighted by Gasteiger charge is 2.42. The lowest BCUT2D eigenvalue weighted by atomic mass is 9.75. The SMILES string of the molecule is CC(=O)N1C[C@H]2C[C@@H]3C(=C[C@@H](O)CN3C)c3cccc1c32. The summed E-state index contributed by atoms with van der Waals surface area (Å²) in [6, 6.07) is 6.56. The topological polar surface area (TPSA) is 43.8 Å². The van der Waals surface area contributed by atoms with Gasteiger partial charge < -0.3 is 10.0 Å². The van der Waals surface area contributed by atoms with Crippen molar-refractivity contribution in [2.75, 3.05) is 25.0 Å². The summed E-state index contributed by atoms with van der Waals surface area (Å²) in [5.41, 5.74) is 4.82. The number of amides is 1. The number of rotatable bonds is 0. The summed E-state index contributed by atoms with van der Waals surface area (Å²) in [4.78, 5) is 16.0. The molecule has 0 saturated carbocycles. The van der Waals surface area contributed by atoms with Crippen molar-refractivity contribution in [1.29, 1.82) is 0 Å². The number of aliphatic hydroxyl groups is 1. The van der Waals surface area contributed by atoms with Crippen molar-refractivity contribution < 1.29 is 9.90 Å². The molecule has 4 rings (SSSR count). The van der Waals surface area contributed by atoms with Crippen molar-refractivity contribution in [1.82, 2.24) is 4.90 Å². The average Bonchev–Trinajstić information content (AvgIpc) is 2.81. The third kappa shape index (κ3) is 1.79. The number of benzene rings is 1. The number of hydrogen-bond donors (Lipinski definition) is 1. The highest BCUT2D eigenvalue weighted by atomic mass is 16.3. The predicted octanol–water partition coefficient (Wildman–Crippen LogP) is 1.60. The van der Waals surface area contributed by atoms with Gasteiger partial charge in [0.15, 0.2) is 0 Å². The van der Waals surface area contributed by atoms with Crippen LogP contribution in [-0.4, -0.2) is 48.2 Å². The van der Waals surface area contributed by atoms with Crippen molar-refractivity contribution in [2.24, 2.45) is 0 Å². The van der Waals surface area contributed by atoms with E-state index in [9.17, 15) is 9.90 Å². The van der Waals surface area contributed by atoms with Crippen molar-refractivity contribution in [2.45, 2.75) is 31.4 Å². The van der Waals surface area contributed by atoms with Gasteiger partial charge in [0, 0.05) is 37.7 Å². The molecule has 1 aromatic rings. The summed E-state index contributed by atoms with van der Waals surface area (Å²) < 4.78 is 0. The Morgan fingerprint density at radius 2 is 2.14 bits per heavy atom. The lowest BCUT2D eigenvalue weighted by Gasteiger charge is -2.41. The molecule has 3 atom stereocenters. The quantitative estimate of drug-likeness (QED) is 0.787. The van der Waals surface area contributed by atoms with Crippen LogP contribution in [0.4, 0.5) is 5.69 Å². The van der Waals surface area contributed by atoms with E-state index in [0.29, 0.717) is 18.5 Å². The van der Waals surface area contributed by atoms with Crippen LogP contribution in [-0.2, 0) is 4.79 Å². The van der Waals surface area contributed by atoms with Crippen LogP contribution in [0.25, 0.3) is 5.57 Å². The van der Waals surface area contributed by atoms with Crippen LogP contribution in [0.1, 0.15) is 30.4 Å². The van der Waals surface area contributed by atoms with E-state index in [0.717, 1.165) is 18.7 Å². The number of carbonyl (C=O) groups excluding carboxylic acids is 1. The Morgan fingerprint density at radius 1 is 1.33 bits per heavy atom. The third-order valence-electron chi connectivity index (χ3n) is 5.12. The van der Waals surface area contributed by atoms with Gasteiger partial charge in [-0.15, -0.1) is 0 Å². The lowest BCUT2D eigenvalue weighted by Crippen LogP contribution is -2.44. The zero-order chi connectivity index (χ0) is 14.7. The molecule has 21 heavy (non-hydrogen) atoms. The second-order valence-electron chi connectivity index (χ2n) is 6.45. The van der Waals surface area contributed by atoms with Crippen LogP contribution < -0.4 is 4.90 Å². The normalized spacial score (nSPS) is 30.7. The fraction of sp³-hybridized carbons (Fsp3) is 0.471. The molecule has 1 amide bonds. The first kappa shape index (κ1) is 13.0. The van der Waals surface area contributed by atoms with E-state index in [-0.39, 0.29) is 5.91 Å². The summed E-state index contributed by atoms with van der Waals surface area (Å²) in [6.45, 7) is 3.12. The second-order valence-corrected chi connectivity index (χ2v) is 6.45. The van der Waals surface area contributed by atoms with Gasteiger partial charge in [0.2, 0.25) is 5.91 Å². The van der Waals surface area contributed by atoms with Gasteiger partial charge >= 0.3 is 0 Å². The standard InChI is InChI=1S/C17H20N2O2/c1-10(20)19-8-11-6-16-14(7-12(21)9-18(16)2)13-4-3-5-15(19)17(11)13/h3-5,7,11-12,16,21H,6,8-9H2,1-2H3/t11-,12-,16-/m1/s1. The first-order valence-electron chi connectivity index (χ1n) is 7.57. The molecule has 1 aromatic carbocycles. The lowest BCUT2D eigenvalue weighted by molar-refractivity contribution is -0.116. The molecule has 0 aromatic heterocycles. The molecule has 110 valence electrons. The number of likely N-dealkylation sites (N-methyl/N-ethyl adjacent to an activating group) is 1. The second kappa shape index (κ2) is 4.42. The average molecular weight is 284 g/mol. The Kier molecular flexibility index (Phi) is 2.75. The number of hydrogen-bond acceptors (Lipinski definition) is 3. The van der Waals surface area contributed by atoms with Crippen LogP contribution >= 0.6 is 0 Å². The Morgan fingerprint density at radius 3 is 2.90 bits per heavy atom. The molecule has 4 heteroatoms. The molecule has 4 nitrogen and oxygen atoms in total. The van der Waals surface area contributed by atoms with Crippen LogP contribution in [0.5, 0.6) is 0 Å². The number of anilines is 1. The van der Waals surface area contributed by atoms with Crippen LogP contribution in [0, 0.1) is 0 Å². The first-order chi connectivity index (χ1) is 10.1. The largest absolute Gasteiger partial charge is 0.388 e. The fourth-order valence-electron chi connectivity index (χ4n) is 4.25. The smallest absolute Gasteiger partial charge is 0.223 e. The van der Waals surface area contributed by atoms with E-state index in [1.807, 2.05) is 23.1 Å². The number of fused-ring (bicyclic) bond motifs is 2. The molecule has 0 unspecified atom stereocenters. The van der Waals surface area contributed by atoms with Crippen LogP contribution in [0.3, 0.4) is 0 Å². The molecular formula is C17H20N2O2. The Labute approximate surface area is 124 Å². The molecule has 0 spiro atoms. The molecule has 0 radical (unpaired) electrons. The van der Waals surface area contributed by atoms with E-state index in [2.05, 4.69) is 18.0 Å². The van der Waals surface area contributed by atoms with Gasteiger partial charge in [-0.1, -0.05) is 12.1 Å². The fourth-order valence-corrected chi connectivity index (χ4v) is 4.25. The highest BCUT2D eigenvalue weighted by molar-refractivity contribution is 5.96. The van der Waals surface area contributed by atoms with Crippen molar-refractivity contribution >= 4 is 17.2 Å². The van der Waals surface area contributed by atoms with Crippen molar-refractivity contribution in [3.63, 3.8) is 0 Å². The zero-order valence-electron chi connectivity index (χ0n) is 12.4. The van der Waals surface area contributed by atoms with E-state index in [1.165, 1.54) is 16.7 Å². The number of aliphatic hydroxyl groups excluding tert-OH is 1. The molecule has 0 fully saturated rings. The monoisotopic (exact) mass is 284 g/mol. The Bertz CT molecular complexity index is 652. The number of β-amino-alcohol motifs (C(OH)–C–C–N with tert-alkyl or cyclic N) is 1. The van der Waals surface area contributed by atoms with E-state index >= 15 is 0 Å². The van der Waals surface area contributed by atoms with E-state index in [1.54, 1.807) is 6.92 Å². The third-order valence-corrected chi connectivity index (χ3v) is 5.12. The van der Waals surface area contributed by atoms with Gasteiger partial charge in [0.05, 0.1) is 6.10 Å². The molecule has 1 aliphatic carbocycles. The van der Waals surface area contributed by atoms with Crippen molar-refractivity contribution in [3.8, 4) is 0 Å². The maximum absolute atomic E-state index is 11.9. The molecule has 1 N–H and O–H groups in total. The Hall–Kier alpha value is -1.65. The summed E-state index contributed by atoms with van der Waals surface area (Å²) >= 11 is 0. The van der Waals surface area contributed by atoms with Gasteiger partial charge in [0.25, 0.3) is 0 Å². The molecule has 2 heterocycles. The summed E-state index contributed by atoms with van der Waals surface area (Å²) in [5.74, 6) is 0.531. The zero-order valence-corrected chi connectivity index (χ0v) is 12.4.